The second-order valence-electron chi connectivity index (χ2n) is 6.50. The molecule has 2 aliphatic heterocycles. The highest BCUT2D eigenvalue weighted by Gasteiger charge is 2.36. The number of likely N-dealkylation sites (tertiary alicyclic amines) is 2. The Hall–Kier alpha value is -1.39. The molecule has 0 aromatic heterocycles. The number of hydrogen-bond donors (Lipinski definition) is 1. The van der Waals surface area contributed by atoms with Crippen molar-refractivity contribution in [3.63, 3.8) is 0 Å². The fourth-order valence-corrected chi connectivity index (χ4v) is 3.58. The maximum Gasteiger partial charge on any atom is 0.225 e. The molecule has 4 heteroatoms. The Kier molecular flexibility index (Phi) is 4.27. The van der Waals surface area contributed by atoms with E-state index in [1.54, 1.807) is 0 Å². The monoisotopic (exact) mass is 287 g/mol. The molecule has 4 nitrogen and oxygen atoms in total. The molecule has 21 heavy (non-hydrogen) atoms. The van der Waals surface area contributed by atoms with Crippen molar-refractivity contribution in [3.8, 4) is 0 Å². The van der Waals surface area contributed by atoms with E-state index in [9.17, 15) is 4.79 Å². The summed E-state index contributed by atoms with van der Waals surface area (Å²) in [5, 5.41) is 0. The number of benzene rings is 1. The van der Waals surface area contributed by atoms with Gasteiger partial charge in [0.25, 0.3) is 0 Å². The highest BCUT2D eigenvalue weighted by Crippen LogP contribution is 2.29. The summed E-state index contributed by atoms with van der Waals surface area (Å²) >= 11 is 0. The van der Waals surface area contributed by atoms with Gasteiger partial charge >= 0.3 is 0 Å². The van der Waals surface area contributed by atoms with Crippen molar-refractivity contribution < 1.29 is 4.79 Å². The van der Waals surface area contributed by atoms with Gasteiger partial charge in [-0.2, -0.15) is 0 Å². The molecule has 2 heterocycles. The van der Waals surface area contributed by atoms with Crippen LogP contribution in [0.25, 0.3) is 0 Å². The first-order chi connectivity index (χ1) is 10.1. The van der Waals surface area contributed by atoms with Crippen LogP contribution in [-0.4, -0.2) is 55.0 Å². The van der Waals surface area contributed by atoms with E-state index in [1.165, 1.54) is 5.56 Å². The molecule has 2 aliphatic rings. The van der Waals surface area contributed by atoms with Crippen molar-refractivity contribution in [2.24, 2.45) is 11.7 Å². The Bertz CT molecular complexity index is 482. The van der Waals surface area contributed by atoms with Crippen LogP contribution in [-0.2, 0) is 4.79 Å². The van der Waals surface area contributed by atoms with Gasteiger partial charge in [0.15, 0.2) is 0 Å². The third-order valence-electron chi connectivity index (χ3n) is 4.97. The molecule has 0 aliphatic carbocycles. The van der Waals surface area contributed by atoms with E-state index in [0.29, 0.717) is 12.5 Å². The number of hydrogen-bond acceptors (Lipinski definition) is 3. The van der Waals surface area contributed by atoms with E-state index >= 15 is 0 Å². The summed E-state index contributed by atoms with van der Waals surface area (Å²) < 4.78 is 0. The predicted molar refractivity (Wildman–Crippen MR) is 84.0 cm³/mol. The minimum Gasteiger partial charge on any atom is -0.340 e. The molecule has 2 fully saturated rings. The number of amides is 1. The molecule has 114 valence electrons. The van der Waals surface area contributed by atoms with Gasteiger partial charge in [0.2, 0.25) is 5.91 Å². The molecular formula is C17H25N3O. The number of piperidine rings is 1. The van der Waals surface area contributed by atoms with Crippen LogP contribution < -0.4 is 5.73 Å². The fourth-order valence-electron chi connectivity index (χ4n) is 3.58. The van der Waals surface area contributed by atoms with Gasteiger partial charge in [-0.25, -0.2) is 0 Å². The van der Waals surface area contributed by atoms with Crippen molar-refractivity contribution in [3.05, 3.63) is 35.9 Å². The first-order valence-corrected chi connectivity index (χ1v) is 7.93. The molecule has 3 rings (SSSR count). The zero-order valence-corrected chi connectivity index (χ0v) is 12.7. The van der Waals surface area contributed by atoms with Gasteiger partial charge < -0.3 is 15.5 Å². The van der Waals surface area contributed by atoms with E-state index in [4.69, 9.17) is 5.73 Å². The third kappa shape index (κ3) is 3.11. The van der Waals surface area contributed by atoms with Gasteiger partial charge in [-0.05, 0) is 38.5 Å². The average molecular weight is 287 g/mol. The zero-order valence-electron chi connectivity index (χ0n) is 12.7. The second-order valence-corrected chi connectivity index (χ2v) is 6.50. The van der Waals surface area contributed by atoms with Crippen molar-refractivity contribution in [2.75, 3.05) is 33.2 Å². The smallest absolute Gasteiger partial charge is 0.225 e. The second kappa shape index (κ2) is 6.16. The maximum absolute atomic E-state index is 12.7. The lowest BCUT2D eigenvalue weighted by atomic mass is 9.94. The molecule has 1 aromatic rings. The largest absolute Gasteiger partial charge is 0.340 e. The summed E-state index contributed by atoms with van der Waals surface area (Å²) in [6, 6.07) is 10.4. The van der Waals surface area contributed by atoms with Gasteiger partial charge in [0.05, 0.1) is 0 Å². The fraction of sp³-hybridized carbons (Fsp3) is 0.588. The number of rotatable bonds is 2. The standard InChI is InChI=1S/C17H25N3O/c1-19-9-7-14(8-10-19)17(21)20-11-15(16(18)12-20)13-5-3-2-4-6-13/h2-6,14-16H,7-12,18H2,1H3/t15-,16+/m0/s1. The Morgan fingerprint density at radius 1 is 1.14 bits per heavy atom. The molecule has 0 spiro atoms. The molecule has 0 unspecified atom stereocenters. The molecule has 0 bridgehead atoms. The van der Waals surface area contributed by atoms with Crippen LogP contribution in [0.4, 0.5) is 0 Å². The summed E-state index contributed by atoms with van der Waals surface area (Å²) in [6.07, 6.45) is 1.97. The SMILES string of the molecule is CN1CCC(C(=O)N2C[C@@H](N)[C@H](c3ccccc3)C2)CC1. The van der Waals surface area contributed by atoms with Crippen molar-refractivity contribution >= 4 is 5.91 Å². The summed E-state index contributed by atoms with van der Waals surface area (Å²) in [6.45, 7) is 3.53. The lowest BCUT2D eigenvalue weighted by molar-refractivity contribution is -0.135. The highest BCUT2D eigenvalue weighted by molar-refractivity contribution is 5.79. The molecule has 2 atom stereocenters. The number of carbonyl (C=O) groups is 1. The first-order valence-electron chi connectivity index (χ1n) is 7.93. The Balaban J connectivity index is 1.64. The van der Waals surface area contributed by atoms with Gasteiger partial charge in [0.1, 0.15) is 0 Å². The van der Waals surface area contributed by atoms with Crippen molar-refractivity contribution in [2.45, 2.75) is 24.8 Å². The molecular weight excluding hydrogens is 262 g/mol. The topological polar surface area (TPSA) is 49.6 Å². The van der Waals surface area contributed by atoms with E-state index in [0.717, 1.165) is 32.5 Å². The zero-order chi connectivity index (χ0) is 14.8. The van der Waals surface area contributed by atoms with Crippen molar-refractivity contribution in [1.82, 2.24) is 9.80 Å². The third-order valence-corrected chi connectivity index (χ3v) is 4.97. The number of nitrogens with two attached hydrogens (primary N) is 1. The van der Waals surface area contributed by atoms with Crippen LogP contribution in [0.1, 0.15) is 24.3 Å². The van der Waals surface area contributed by atoms with Crippen LogP contribution in [0.2, 0.25) is 0 Å². The van der Waals surface area contributed by atoms with Crippen LogP contribution in [0.5, 0.6) is 0 Å². The van der Waals surface area contributed by atoms with E-state index in [2.05, 4.69) is 24.1 Å². The highest BCUT2D eigenvalue weighted by atomic mass is 16.2. The molecule has 1 aromatic carbocycles. The van der Waals surface area contributed by atoms with E-state index in [-0.39, 0.29) is 17.9 Å². The lowest BCUT2D eigenvalue weighted by Crippen LogP contribution is -2.41. The minimum absolute atomic E-state index is 0.0580. The first kappa shape index (κ1) is 14.5. The number of nitrogens with zero attached hydrogens (tertiary/aromatic N) is 2. The van der Waals surface area contributed by atoms with Crippen LogP contribution >= 0.6 is 0 Å². The van der Waals surface area contributed by atoms with Gasteiger partial charge in [-0.15, -0.1) is 0 Å². The maximum atomic E-state index is 12.7. The quantitative estimate of drug-likeness (QED) is 0.891. The van der Waals surface area contributed by atoms with Crippen LogP contribution in [0.15, 0.2) is 30.3 Å². The predicted octanol–water partition coefficient (Wildman–Crippen LogP) is 1.28. The Morgan fingerprint density at radius 2 is 1.81 bits per heavy atom. The normalized spacial score (nSPS) is 28.0. The average Bonchev–Trinajstić information content (AvgIpc) is 2.90. The summed E-state index contributed by atoms with van der Waals surface area (Å²) in [7, 11) is 2.12. The summed E-state index contributed by atoms with van der Waals surface area (Å²) in [4.78, 5) is 17.0. The molecule has 2 N–H and O–H groups in total. The van der Waals surface area contributed by atoms with Crippen LogP contribution in [0, 0.1) is 5.92 Å². The molecule has 2 saturated heterocycles. The van der Waals surface area contributed by atoms with E-state index in [1.807, 2.05) is 23.1 Å². The molecule has 0 radical (unpaired) electrons. The number of carbonyl (C=O) groups excluding carboxylic acids is 1. The lowest BCUT2D eigenvalue weighted by Gasteiger charge is -2.30. The summed E-state index contributed by atoms with van der Waals surface area (Å²) in [5.41, 5.74) is 7.54. The van der Waals surface area contributed by atoms with Gasteiger partial charge in [-0.1, -0.05) is 30.3 Å². The molecule has 1 amide bonds. The van der Waals surface area contributed by atoms with Crippen molar-refractivity contribution in [1.29, 1.82) is 0 Å². The molecule has 0 saturated carbocycles. The Labute approximate surface area is 126 Å². The van der Waals surface area contributed by atoms with Gasteiger partial charge in [-0.3, -0.25) is 4.79 Å². The summed E-state index contributed by atoms with van der Waals surface area (Å²) in [5.74, 6) is 0.793. The van der Waals surface area contributed by atoms with Crippen LogP contribution in [0.3, 0.4) is 0 Å². The minimum atomic E-state index is 0.0580. The Morgan fingerprint density at radius 3 is 2.48 bits per heavy atom. The van der Waals surface area contributed by atoms with Gasteiger partial charge in [0, 0.05) is 31.0 Å². The van der Waals surface area contributed by atoms with E-state index < -0.39 is 0 Å².